The van der Waals surface area contributed by atoms with Gasteiger partial charge in [-0.3, -0.25) is 0 Å². The van der Waals surface area contributed by atoms with Crippen LogP contribution in [0.3, 0.4) is 0 Å². The standard InChI is InChI=1S/C15H23N/c1-3-13(4-2)10-15(11-16-12-15)14-8-6-5-7-9-14/h5-9,13,16H,3-4,10-12H2,1-2H3. The molecule has 1 aromatic carbocycles. The number of hydrogen-bond acceptors (Lipinski definition) is 1. The van der Waals surface area contributed by atoms with Crippen LogP contribution in [0.15, 0.2) is 30.3 Å². The minimum Gasteiger partial charge on any atom is -0.315 e. The van der Waals surface area contributed by atoms with E-state index in [1.807, 2.05) is 0 Å². The predicted molar refractivity (Wildman–Crippen MR) is 69.7 cm³/mol. The van der Waals surface area contributed by atoms with E-state index in [9.17, 15) is 0 Å². The fourth-order valence-corrected chi connectivity index (χ4v) is 2.81. The van der Waals surface area contributed by atoms with Gasteiger partial charge in [-0.2, -0.15) is 0 Å². The van der Waals surface area contributed by atoms with Crippen LogP contribution in [-0.2, 0) is 5.41 Å². The normalized spacial score (nSPS) is 18.4. The molecule has 1 heterocycles. The van der Waals surface area contributed by atoms with Crippen LogP contribution in [-0.4, -0.2) is 13.1 Å². The second-order valence-corrected chi connectivity index (χ2v) is 5.14. The summed E-state index contributed by atoms with van der Waals surface area (Å²) in [5, 5.41) is 3.45. The molecule has 0 saturated carbocycles. The number of rotatable bonds is 5. The zero-order chi connectivity index (χ0) is 11.4. The van der Waals surface area contributed by atoms with Gasteiger partial charge in [0.2, 0.25) is 0 Å². The van der Waals surface area contributed by atoms with Gasteiger partial charge in [0.15, 0.2) is 0 Å². The lowest BCUT2D eigenvalue weighted by Gasteiger charge is -2.45. The van der Waals surface area contributed by atoms with Gasteiger partial charge in [0.1, 0.15) is 0 Å². The van der Waals surface area contributed by atoms with Crippen LogP contribution in [0.4, 0.5) is 0 Å². The van der Waals surface area contributed by atoms with Gasteiger partial charge in [-0.25, -0.2) is 0 Å². The van der Waals surface area contributed by atoms with E-state index in [1.165, 1.54) is 24.8 Å². The van der Waals surface area contributed by atoms with Gasteiger partial charge in [-0.15, -0.1) is 0 Å². The molecule has 16 heavy (non-hydrogen) atoms. The van der Waals surface area contributed by atoms with Gasteiger partial charge >= 0.3 is 0 Å². The molecule has 0 unspecified atom stereocenters. The molecule has 0 atom stereocenters. The second kappa shape index (κ2) is 5.01. The van der Waals surface area contributed by atoms with Crippen molar-refractivity contribution in [2.45, 2.75) is 38.5 Å². The third kappa shape index (κ3) is 2.15. The van der Waals surface area contributed by atoms with Crippen molar-refractivity contribution in [1.82, 2.24) is 5.32 Å². The first-order valence-electron chi connectivity index (χ1n) is 6.57. The van der Waals surface area contributed by atoms with Crippen LogP contribution >= 0.6 is 0 Å². The van der Waals surface area contributed by atoms with Crippen LogP contribution in [0, 0.1) is 5.92 Å². The highest BCUT2D eigenvalue weighted by Gasteiger charge is 2.39. The minimum atomic E-state index is 0.429. The Kier molecular flexibility index (Phi) is 3.65. The maximum atomic E-state index is 3.45. The van der Waals surface area contributed by atoms with Crippen LogP contribution in [0.2, 0.25) is 0 Å². The van der Waals surface area contributed by atoms with Crippen molar-refractivity contribution in [3.05, 3.63) is 35.9 Å². The molecule has 0 bridgehead atoms. The highest BCUT2D eigenvalue weighted by molar-refractivity contribution is 5.29. The summed E-state index contributed by atoms with van der Waals surface area (Å²) in [6.45, 7) is 6.96. The van der Waals surface area contributed by atoms with Gasteiger partial charge in [-0.05, 0) is 17.9 Å². The maximum absolute atomic E-state index is 3.45. The number of nitrogens with one attached hydrogen (secondary N) is 1. The lowest BCUT2D eigenvalue weighted by molar-refractivity contribution is 0.211. The molecular formula is C15H23N. The van der Waals surface area contributed by atoms with Gasteiger partial charge in [-0.1, -0.05) is 57.0 Å². The van der Waals surface area contributed by atoms with Gasteiger partial charge in [0, 0.05) is 18.5 Å². The van der Waals surface area contributed by atoms with Crippen molar-refractivity contribution < 1.29 is 0 Å². The topological polar surface area (TPSA) is 12.0 Å². The molecule has 0 aromatic heterocycles. The zero-order valence-electron chi connectivity index (χ0n) is 10.5. The van der Waals surface area contributed by atoms with Crippen molar-refractivity contribution >= 4 is 0 Å². The zero-order valence-corrected chi connectivity index (χ0v) is 10.5. The second-order valence-electron chi connectivity index (χ2n) is 5.14. The number of benzene rings is 1. The Hall–Kier alpha value is -0.820. The van der Waals surface area contributed by atoms with Crippen molar-refractivity contribution in [1.29, 1.82) is 0 Å². The van der Waals surface area contributed by atoms with Crippen molar-refractivity contribution in [2.75, 3.05) is 13.1 Å². The molecule has 0 radical (unpaired) electrons. The summed E-state index contributed by atoms with van der Waals surface area (Å²) in [7, 11) is 0. The van der Waals surface area contributed by atoms with E-state index in [0.717, 1.165) is 19.0 Å². The molecule has 2 rings (SSSR count). The first-order valence-corrected chi connectivity index (χ1v) is 6.57. The lowest BCUT2D eigenvalue weighted by atomic mass is 9.68. The molecule has 1 aromatic rings. The van der Waals surface area contributed by atoms with E-state index in [4.69, 9.17) is 0 Å². The summed E-state index contributed by atoms with van der Waals surface area (Å²) in [4.78, 5) is 0. The first-order chi connectivity index (χ1) is 7.80. The molecule has 1 nitrogen and oxygen atoms in total. The molecule has 1 aliphatic heterocycles. The molecule has 0 amide bonds. The van der Waals surface area contributed by atoms with E-state index in [0.29, 0.717) is 5.41 Å². The molecule has 0 aliphatic carbocycles. The molecule has 1 N–H and O–H groups in total. The van der Waals surface area contributed by atoms with Crippen LogP contribution < -0.4 is 5.32 Å². The summed E-state index contributed by atoms with van der Waals surface area (Å²) in [5.74, 6) is 0.877. The number of hydrogen-bond donors (Lipinski definition) is 1. The molecule has 0 spiro atoms. The summed E-state index contributed by atoms with van der Waals surface area (Å²) < 4.78 is 0. The summed E-state index contributed by atoms with van der Waals surface area (Å²) in [6.07, 6.45) is 3.97. The molecule has 1 fully saturated rings. The predicted octanol–water partition coefficient (Wildman–Crippen LogP) is 3.35. The average Bonchev–Trinajstić information content (AvgIpc) is 2.30. The van der Waals surface area contributed by atoms with Crippen LogP contribution in [0.25, 0.3) is 0 Å². The van der Waals surface area contributed by atoms with E-state index in [2.05, 4.69) is 49.5 Å². The van der Waals surface area contributed by atoms with E-state index >= 15 is 0 Å². The Balaban J connectivity index is 2.14. The molecule has 1 saturated heterocycles. The maximum Gasteiger partial charge on any atom is 0.0205 e. The minimum absolute atomic E-state index is 0.429. The van der Waals surface area contributed by atoms with E-state index < -0.39 is 0 Å². The Labute approximate surface area is 99.3 Å². The summed E-state index contributed by atoms with van der Waals surface area (Å²) >= 11 is 0. The van der Waals surface area contributed by atoms with Gasteiger partial charge in [0.25, 0.3) is 0 Å². The molecule has 1 heteroatoms. The smallest absolute Gasteiger partial charge is 0.0205 e. The lowest BCUT2D eigenvalue weighted by Crippen LogP contribution is -2.57. The first kappa shape index (κ1) is 11.7. The fourth-order valence-electron chi connectivity index (χ4n) is 2.81. The largest absolute Gasteiger partial charge is 0.315 e. The fraction of sp³-hybridized carbons (Fsp3) is 0.600. The Morgan fingerprint density at radius 2 is 1.75 bits per heavy atom. The van der Waals surface area contributed by atoms with Crippen molar-refractivity contribution in [2.24, 2.45) is 5.92 Å². The van der Waals surface area contributed by atoms with Crippen LogP contribution in [0.5, 0.6) is 0 Å². The molecule has 1 aliphatic rings. The van der Waals surface area contributed by atoms with Gasteiger partial charge in [0.05, 0.1) is 0 Å². The molecule has 88 valence electrons. The van der Waals surface area contributed by atoms with E-state index in [1.54, 1.807) is 0 Å². The third-order valence-corrected chi connectivity index (χ3v) is 4.15. The third-order valence-electron chi connectivity index (χ3n) is 4.15. The van der Waals surface area contributed by atoms with Crippen LogP contribution in [0.1, 0.15) is 38.7 Å². The molecular weight excluding hydrogens is 194 g/mol. The Morgan fingerprint density at radius 1 is 1.12 bits per heavy atom. The average molecular weight is 217 g/mol. The van der Waals surface area contributed by atoms with Gasteiger partial charge < -0.3 is 5.32 Å². The Bertz CT molecular complexity index is 309. The summed E-state index contributed by atoms with van der Waals surface area (Å²) in [6, 6.07) is 11.0. The van der Waals surface area contributed by atoms with Crippen molar-refractivity contribution in [3.8, 4) is 0 Å². The quantitative estimate of drug-likeness (QED) is 0.797. The monoisotopic (exact) mass is 217 g/mol. The van der Waals surface area contributed by atoms with Crippen molar-refractivity contribution in [3.63, 3.8) is 0 Å². The Morgan fingerprint density at radius 3 is 2.19 bits per heavy atom. The van der Waals surface area contributed by atoms with E-state index in [-0.39, 0.29) is 0 Å². The highest BCUT2D eigenvalue weighted by atomic mass is 15.0. The summed E-state index contributed by atoms with van der Waals surface area (Å²) in [5.41, 5.74) is 1.96. The SMILES string of the molecule is CCC(CC)CC1(c2ccccc2)CNC1. The highest BCUT2D eigenvalue weighted by Crippen LogP contribution is 2.36.